The molecular formula is C20H17Br2ClO2. The Balaban J connectivity index is 0.000000212. The zero-order chi connectivity index (χ0) is 18.2. The normalized spacial score (nSPS) is 11.4. The fourth-order valence-corrected chi connectivity index (χ4v) is 2.73. The molecule has 0 spiro atoms. The average Bonchev–Trinajstić information content (AvgIpc) is 2.64. The van der Waals surface area contributed by atoms with Gasteiger partial charge in [0.25, 0.3) is 0 Å². The van der Waals surface area contributed by atoms with Crippen molar-refractivity contribution in [2.45, 2.75) is 12.7 Å². The summed E-state index contributed by atoms with van der Waals surface area (Å²) in [5.74, 6) is 0. The summed E-state index contributed by atoms with van der Waals surface area (Å²) in [6.45, 7) is 0.118. The molecule has 130 valence electrons. The molecule has 0 bridgehead atoms. The Morgan fingerprint density at radius 1 is 0.720 bits per heavy atom. The lowest BCUT2D eigenvalue weighted by Gasteiger charge is -2.11. The second kappa shape index (κ2) is 10.1. The van der Waals surface area contributed by atoms with Gasteiger partial charge in [-0.3, -0.25) is 0 Å². The summed E-state index contributed by atoms with van der Waals surface area (Å²) < 4.78 is 2.04. The summed E-state index contributed by atoms with van der Waals surface area (Å²) in [4.78, 5) is 0. The quantitative estimate of drug-likeness (QED) is 0.470. The van der Waals surface area contributed by atoms with Crippen molar-refractivity contribution in [1.29, 1.82) is 0 Å². The van der Waals surface area contributed by atoms with Crippen molar-refractivity contribution in [3.8, 4) is 0 Å². The number of rotatable bonds is 3. The van der Waals surface area contributed by atoms with Crippen LogP contribution in [0.15, 0.2) is 81.7 Å². The molecule has 0 aliphatic heterocycles. The van der Waals surface area contributed by atoms with Crippen LogP contribution in [-0.2, 0) is 6.61 Å². The van der Waals surface area contributed by atoms with Crippen LogP contribution < -0.4 is 0 Å². The van der Waals surface area contributed by atoms with E-state index in [0.717, 1.165) is 25.6 Å². The van der Waals surface area contributed by atoms with E-state index in [2.05, 4.69) is 31.9 Å². The van der Waals surface area contributed by atoms with Gasteiger partial charge in [-0.25, -0.2) is 0 Å². The fourth-order valence-electron chi connectivity index (χ4n) is 2.07. The fraction of sp³-hybridized carbons (Fsp3) is 0.100. The third-order valence-electron chi connectivity index (χ3n) is 3.47. The van der Waals surface area contributed by atoms with Crippen molar-refractivity contribution in [2.24, 2.45) is 0 Å². The molecule has 2 nitrogen and oxygen atoms in total. The molecule has 0 aliphatic carbocycles. The highest BCUT2D eigenvalue weighted by molar-refractivity contribution is 9.10. The van der Waals surface area contributed by atoms with Crippen LogP contribution in [-0.4, -0.2) is 10.2 Å². The maximum absolute atomic E-state index is 10.1. The minimum absolute atomic E-state index is 0.118. The number of aliphatic hydroxyl groups excluding tert-OH is 2. The van der Waals surface area contributed by atoms with Crippen molar-refractivity contribution < 1.29 is 10.2 Å². The average molecular weight is 485 g/mol. The second-order valence-electron chi connectivity index (χ2n) is 5.29. The minimum atomic E-state index is -0.606. The zero-order valence-electron chi connectivity index (χ0n) is 13.2. The highest BCUT2D eigenvalue weighted by Crippen LogP contribution is 2.24. The molecule has 0 saturated heterocycles. The van der Waals surface area contributed by atoms with E-state index < -0.39 is 6.10 Å². The van der Waals surface area contributed by atoms with Crippen molar-refractivity contribution >= 4 is 43.5 Å². The SMILES string of the molecule is OC(c1ccc(Cl)cc1)c1ccc(Br)cc1.OCc1ccc(Br)cc1. The third kappa shape index (κ3) is 6.57. The van der Waals surface area contributed by atoms with Gasteiger partial charge < -0.3 is 10.2 Å². The third-order valence-corrected chi connectivity index (χ3v) is 4.78. The first-order chi connectivity index (χ1) is 12.0. The predicted octanol–water partition coefficient (Wildman–Crippen LogP) is 6.13. The van der Waals surface area contributed by atoms with E-state index in [9.17, 15) is 5.11 Å². The van der Waals surface area contributed by atoms with Gasteiger partial charge in [0.2, 0.25) is 0 Å². The Hall–Kier alpha value is -1.17. The Kier molecular flexibility index (Phi) is 8.13. The summed E-state index contributed by atoms with van der Waals surface area (Å²) in [6.07, 6.45) is -0.606. The first-order valence-electron chi connectivity index (χ1n) is 7.54. The van der Waals surface area contributed by atoms with Crippen LogP contribution in [0.1, 0.15) is 22.8 Å². The maximum atomic E-state index is 10.1. The molecular weight excluding hydrogens is 467 g/mol. The number of hydrogen-bond donors (Lipinski definition) is 2. The predicted molar refractivity (Wildman–Crippen MR) is 110 cm³/mol. The molecule has 25 heavy (non-hydrogen) atoms. The van der Waals surface area contributed by atoms with Crippen LogP contribution in [0.4, 0.5) is 0 Å². The monoisotopic (exact) mass is 482 g/mol. The largest absolute Gasteiger partial charge is 0.392 e. The molecule has 3 aromatic rings. The first kappa shape index (κ1) is 20.1. The standard InChI is InChI=1S/C13H10BrClO.C7H7BrO/c14-11-5-1-9(2-6-11)13(16)10-3-7-12(15)8-4-10;8-7-3-1-6(5-9)2-4-7/h1-8,13,16H;1-4,9H,5H2. The lowest BCUT2D eigenvalue weighted by Crippen LogP contribution is -1.98. The second-order valence-corrected chi connectivity index (χ2v) is 7.56. The minimum Gasteiger partial charge on any atom is -0.392 e. The van der Waals surface area contributed by atoms with E-state index in [0.29, 0.717) is 5.02 Å². The molecule has 3 aromatic carbocycles. The topological polar surface area (TPSA) is 40.5 Å². The van der Waals surface area contributed by atoms with Crippen molar-refractivity contribution in [1.82, 2.24) is 0 Å². The van der Waals surface area contributed by atoms with E-state index in [1.54, 1.807) is 12.1 Å². The molecule has 1 unspecified atom stereocenters. The lowest BCUT2D eigenvalue weighted by atomic mass is 10.0. The molecule has 2 N–H and O–H groups in total. The Morgan fingerprint density at radius 2 is 1.12 bits per heavy atom. The molecule has 0 amide bonds. The molecule has 5 heteroatoms. The molecule has 0 fully saturated rings. The van der Waals surface area contributed by atoms with Gasteiger partial charge >= 0.3 is 0 Å². The number of benzene rings is 3. The molecule has 0 radical (unpaired) electrons. The van der Waals surface area contributed by atoms with Gasteiger partial charge in [-0.05, 0) is 53.1 Å². The number of halogens is 3. The highest BCUT2D eigenvalue weighted by atomic mass is 79.9. The van der Waals surface area contributed by atoms with Crippen molar-refractivity contribution in [3.63, 3.8) is 0 Å². The van der Waals surface area contributed by atoms with Crippen molar-refractivity contribution in [2.75, 3.05) is 0 Å². The highest BCUT2D eigenvalue weighted by Gasteiger charge is 2.09. The van der Waals surface area contributed by atoms with Crippen LogP contribution in [0, 0.1) is 0 Å². The van der Waals surface area contributed by atoms with Gasteiger partial charge in [-0.15, -0.1) is 0 Å². The lowest BCUT2D eigenvalue weighted by molar-refractivity contribution is 0.220. The number of aliphatic hydroxyl groups is 2. The van der Waals surface area contributed by atoms with E-state index in [1.807, 2.05) is 60.7 Å². The molecule has 0 heterocycles. The van der Waals surface area contributed by atoms with E-state index >= 15 is 0 Å². The van der Waals surface area contributed by atoms with Crippen molar-refractivity contribution in [3.05, 3.63) is 103 Å². The smallest absolute Gasteiger partial charge is 0.104 e. The summed E-state index contributed by atoms with van der Waals surface area (Å²) in [7, 11) is 0. The summed E-state index contributed by atoms with van der Waals surface area (Å²) in [5.41, 5.74) is 2.65. The van der Waals surface area contributed by atoms with Crippen LogP contribution in [0.2, 0.25) is 5.02 Å². The Bertz CT molecular complexity index is 727. The van der Waals surface area contributed by atoms with Gasteiger partial charge in [0.1, 0.15) is 6.10 Å². The maximum Gasteiger partial charge on any atom is 0.104 e. The Morgan fingerprint density at radius 3 is 1.56 bits per heavy atom. The van der Waals surface area contributed by atoms with Crippen LogP contribution in [0.25, 0.3) is 0 Å². The first-order valence-corrected chi connectivity index (χ1v) is 9.50. The zero-order valence-corrected chi connectivity index (χ0v) is 17.2. The van der Waals surface area contributed by atoms with E-state index in [-0.39, 0.29) is 6.61 Å². The van der Waals surface area contributed by atoms with E-state index in [1.165, 1.54) is 0 Å². The van der Waals surface area contributed by atoms with Gasteiger partial charge in [0, 0.05) is 14.0 Å². The van der Waals surface area contributed by atoms with Gasteiger partial charge in [-0.2, -0.15) is 0 Å². The van der Waals surface area contributed by atoms with Gasteiger partial charge in [0.05, 0.1) is 6.61 Å². The summed E-state index contributed by atoms with van der Waals surface area (Å²) in [5, 5.41) is 19.4. The molecule has 0 aromatic heterocycles. The van der Waals surface area contributed by atoms with Crippen LogP contribution >= 0.6 is 43.5 Å². The van der Waals surface area contributed by atoms with Crippen LogP contribution in [0.5, 0.6) is 0 Å². The molecule has 1 atom stereocenters. The van der Waals surface area contributed by atoms with Crippen LogP contribution in [0.3, 0.4) is 0 Å². The number of hydrogen-bond acceptors (Lipinski definition) is 2. The molecule has 3 rings (SSSR count). The molecule has 0 saturated carbocycles. The van der Waals surface area contributed by atoms with Gasteiger partial charge in [-0.1, -0.05) is 79.9 Å². The summed E-state index contributed by atoms with van der Waals surface area (Å²) >= 11 is 12.4. The molecule has 0 aliphatic rings. The summed E-state index contributed by atoms with van der Waals surface area (Å²) in [6, 6.07) is 22.4. The van der Waals surface area contributed by atoms with E-state index in [4.69, 9.17) is 16.7 Å². The Labute approximate surface area is 169 Å². The van der Waals surface area contributed by atoms with Gasteiger partial charge in [0.15, 0.2) is 0 Å².